The second kappa shape index (κ2) is 11.4. The minimum Gasteiger partial charge on any atom is -0.226 e. The van der Waals surface area contributed by atoms with E-state index in [4.69, 9.17) is 13.1 Å². The quantitative estimate of drug-likeness (QED) is 0.105. The maximum absolute atomic E-state index is 13.2. The molecule has 2 aliphatic rings. The first-order valence-electron chi connectivity index (χ1n) is 14.7. The van der Waals surface area contributed by atoms with Crippen LogP contribution in [0.2, 0.25) is 0 Å². The molecule has 0 aliphatic heterocycles. The molecular weight excluding hydrogens is 650 g/mol. The fourth-order valence-corrected chi connectivity index (χ4v) is 6.57. The standard InChI is InChI=1S/C40H16F6N4/c1-49-35(19-47)37-31-15-23(21-3-9-25(10-4-21)39(41,42)43)7-13-27(31)29-18-34-30(17-33(29)37)28-14-8-24(16-32(28)38(34)36(20-48)50-2)22-5-11-26(12-6-22)40(44,45)46/h3-18H. The van der Waals surface area contributed by atoms with E-state index >= 15 is 0 Å². The highest BCUT2D eigenvalue weighted by Gasteiger charge is 2.35. The molecule has 0 atom stereocenters. The van der Waals surface area contributed by atoms with Crippen LogP contribution in [0.1, 0.15) is 33.4 Å². The zero-order valence-electron chi connectivity index (χ0n) is 25.3. The highest BCUT2D eigenvalue weighted by molar-refractivity contribution is 6.11. The van der Waals surface area contributed by atoms with Crippen LogP contribution in [0.3, 0.4) is 0 Å². The lowest BCUT2D eigenvalue weighted by molar-refractivity contribution is -0.138. The Bertz CT molecular complexity index is 2310. The van der Waals surface area contributed by atoms with Crippen LogP contribution >= 0.6 is 0 Å². The molecule has 0 N–H and O–H groups in total. The van der Waals surface area contributed by atoms with Gasteiger partial charge in [-0.1, -0.05) is 48.5 Å². The molecule has 0 radical (unpaired) electrons. The fourth-order valence-electron chi connectivity index (χ4n) is 6.57. The third-order valence-corrected chi connectivity index (χ3v) is 8.85. The molecule has 0 unspecified atom stereocenters. The Hall–Kier alpha value is -6.88. The number of nitrogens with zero attached hydrogens (tertiary/aromatic N) is 4. The van der Waals surface area contributed by atoms with Crippen molar-refractivity contribution < 1.29 is 26.3 Å². The van der Waals surface area contributed by atoms with Gasteiger partial charge < -0.3 is 0 Å². The molecule has 0 aromatic heterocycles. The molecule has 0 fully saturated rings. The Balaban J connectivity index is 1.41. The lowest BCUT2D eigenvalue weighted by atomic mass is 9.95. The molecule has 0 spiro atoms. The van der Waals surface area contributed by atoms with Crippen molar-refractivity contribution in [2.45, 2.75) is 12.4 Å². The van der Waals surface area contributed by atoms with E-state index in [1.807, 2.05) is 12.1 Å². The van der Waals surface area contributed by atoms with Gasteiger partial charge in [0, 0.05) is 11.1 Å². The first-order valence-corrected chi connectivity index (χ1v) is 14.7. The molecular formula is C40H16F6N4. The van der Waals surface area contributed by atoms with Gasteiger partial charge >= 0.3 is 12.4 Å². The number of benzene rings is 5. The van der Waals surface area contributed by atoms with Crippen LogP contribution in [-0.4, -0.2) is 0 Å². The lowest BCUT2D eigenvalue weighted by Crippen LogP contribution is -2.03. The Labute approximate surface area is 281 Å². The van der Waals surface area contributed by atoms with Gasteiger partial charge in [-0.25, -0.2) is 20.2 Å². The van der Waals surface area contributed by atoms with Crippen molar-refractivity contribution in [1.82, 2.24) is 0 Å². The SMILES string of the molecule is [C-]#[N+]C(C#N)=C1c2cc(-c3ccc(C(F)(F)F)cc3)ccc2-c2cc3c(cc21)-c1ccc(-c2ccc(C(F)(F)F)cc2)cc1C3=C(C#N)[N+]#[C-]. The van der Waals surface area contributed by atoms with Crippen LogP contribution in [-0.2, 0) is 12.4 Å². The van der Waals surface area contributed by atoms with Crippen LogP contribution in [0.25, 0.3) is 65.3 Å². The van der Waals surface area contributed by atoms with Gasteiger partial charge in [0.1, 0.15) is 0 Å². The minimum absolute atomic E-state index is 0.194. The van der Waals surface area contributed by atoms with E-state index in [1.165, 1.54) is 24.3 Å². The van der Waals surface area contributed by atoms with E-state index in [0.717, 1.165) is 24.3 Å². The minimum atomic E-state index is -4.50. The maximum atomic E-state index is 13.2. The number of allylic oxidation sites excluding steroid dienone is 2. The van der Waals surface area contributed by atoms with Crippen molar-refractivity contribution in [3.8, 4) is 56.6 Å². The summed E-state index contributed by atoms with van der Waals surface area (Å²) in [7, 11) is 0. The number of hydrogen-bond acceptors (Lipinski definition) is 2. The van der Waals surface area contributed by atoms with Crippen molar-refractivity contribution in [3.05, 3.63) is 165 Å². The molecule has 0 saturated carbocycles. The normalized spacial score (nSPS) is 14.6. The first kappa shape index (κ1) is 31.7. The Morgan fingerprint density at radius 3 is 1.06 bits per heavy atom. The molecule has 0 saturated heterocycles. The summed E-state index contributed by atoms with van der Waals surface area (Å²) in [5.41, 5.74) is 5.55. The summed E-state index contributed by atoms with van der Waals surface area (Å²) < 4.78 is 79.2. The number of alkyl halides is 6. The third kappa shape index (κ3) is 4.99. The molecule has 7 rings (SSSR count). The van der Waals surface area contributed by atoms with Gasteiger partial charge in [-0.2, -0.15) is 26.3 Å². The summed E-state index contributed by atoms with van der Waals surface area (Å²) in [6.45, 7) is 15.5. The molecule has 0 amide bonds. The van der Waals surface area contributed by atoms with Crippen LogP contribution in [0, 0.1) is 35.8 Å². The average Bonchev–Trinajstić information content (AvgIpc) is 3.59. The van der Waals surface area contributed by atoms with E-state index in [-0.39, 0.29) is 11.4 Å². The molecule has 10 heteroatoms. The number of rotatable bonds is 2. The molecule has 0 bridgehead atoms. The Morgan fingerprint density at radius 2 is 0.760 bits per heavy atom. The Kier molecular flexibility index (Phi) is 7.21. The van der Waals surface area contributed by atoms with Crippen LogP contribution in [0.15, 0.2) is 108 Å². The average molecular weight is 667 g/mol. The predicted octanol–water partition coefficient (Wildman–Crippen LogP) is 11.4. The van der Waals surface area contributed by atoms with Crippen LogP contribution < -0.4 is 0 Å². The summed E-state index contributed by atoms with van der Waals surface area (Å²) in [6.07, 6.45) is -9.00. The largest absolute Gasteiger partial charge is 0.416 e. The highest BCUT2D eigenvalue weighted by Crippen LogP contribution is 2.54. The molecule has 5 aromatic carbocycles. The highest BCUT2D eigenvalue weighted by atomic mass is 19.4. The van der Waals surface area contributed by atoms with Crippen LogP contribution in [0.4, 0.5) is 26.3 Å². The van der Waals surface area contributed by atoms with Gasteiger partial charge in [0.2, 0.25) is 0 Å². The summed E-state index contributed by atoms with van der Waals surface area (Å²) in [5, 5.41) is 20.0. The van der Waals surface area contributed by atoms with Gasteiger partial charge in [0.25, 0.3) is 11.4 Å². The number of halogens is 6. The van der Waals surface area contributed by atoms with E-state index in [0.29, 0.717) is 77.9 Å². The first-order chi connectivity index (χ1) is 23.9. The lowest BCUT2D eigenvalue weighted by Gasteiger charge is -2.10. The van der Waals surface area contributed by atoms with Crippen molar-refractivity contribution in [3.63, 3.8) is 0 Å². The van der Waals surface area contributed by atoms with Crippen LogP contribution in [0.5, 0.6) is 0 Å². The van der Waals surface area contributed by atoms with E-state index in [9.17, 15) is 36.9 Å². The number of hydrogen-bond donors (Lipinski definition) is 0. The van der Waals surface area contributed by atoms with Crippen molar-refractivity contribution in [1.29, 1.82) is 10.5 Å². The van der Waals surface area contributed by atoms with Gasteiger partial charge in [0.15, 0.2) is 0 Å². The van der Waals surface area contributed by atoms with Crippen molar-refractivity contribution in [2.75, 3.05) is 0 Å². The van der Waals surface area contributed by atoms with Crippen molar-refractivity contribution >= 4 is 11.1 Å². The number of nitriles is 2. The van der Waals surface area contributed by atoms with Gasteiger partial charge in [0.05, 0.1) is 36.4 Å². The van der Waals surface area contributed by atoms with E-state index < -0.39 is 23.5 Å². The summed E-state index contributed by atoms with van der Waals surface area (Å²) in [6, 6.07) is 27.3. The number of fused-ring (bicyclic) bond motifs is 6. The molecule has 0 heterocycles. The van der Waals surface area contributed by atoms with Gasteiger partial charge in [-0.15, -0.1) is 0 Å². The maximum Gasteiger partial charge on any atom is 0.416 e. The predicted molar refractivity (Wildman–Crippen MR) is 175 cm³/mol. The van der Waals surface area contributed by atoms with E-state index in [1.54, 1.807) is 48.5 Å². The molecule has 50 heavy (non-hydrogen) atoms. The smallest absolute Gasteiger partial charge is 0.226 e. The van der Waals surface area contributed by atoms with E-state index in [2.05, 4.69) is 9.69 Å². The zero-order chi connectivity index (χ0) is 35.5. The second-order valence-electron chi connectivity index (χ2n) is 11.5. The second-order valence-corrected chi connectivity index (χ2v) is 11.5. The van der Waals surface area contributed by atoms with Gasteiger partial charge in [-0.05, 0) is 115 Å². The Morgan fingerprint density at radius 1 is 0.440 bits per heavy atom. The molecule has 2 aliphatic carbocycles. The summed E-state index contributed by atoms with van der Waals surface area (Å²) in [5.74, 6) is 0. The summed E-state index contributed by atoms with van der Waals surface area (Å²) in [4.78, 5) is 6.96. The van der Waals surface area contributed by atoms with Crippen molar-refractivity contribution in [2.24, 2.45) is 0 Å². The molecule has 4 nitrogen and oxygen atoms in total. The monoisotopic (exact) mass is 666 g/mol. The topological polar surface area (TPSA) is 56.3 Å². The third-order valence-electron chi connectivity index (χ3n) is 8.85. The molecule has 238 valence electrons. The fraction of sp³-hybridized carbons (Fsp3) is 0.0500. The zero-order valence-corrected chi connectivity index (χ0v) is 25.3. The molecule has 5 aromatic rings. The summed E-state index contributed by atoms with van der Waals surface area (Å²) >= 11 is 0. The van der Waals surface area contributed by atoms with Gasteiger partial charge in [-0.3, -0.25) is 0 Å².